The van der Waals surface area contributed by atoms with Gasteiger partial charge in [-0.2, -0.15) is 0 Å². The first kappa shape index (κ1) is 13.1. The molecule has 1 aliphatic rings. The zero-order valence-corrected chi connectivity index (χ0v) is 12.2. The molecule has 0 radical (unpaired) electrons. The molecule has 0 unspecified atom stereocenters. The molecule has 108 valence electrons. The Kier molecular flexibility index (Phi) is 3.15. The summed E-state index contributed by atoms with van der Waals surface area (Å²) >= 11 is 0. The third-order valence-electron chi connectivity index (χ3n) is 4.28. The van der Waals surface area contributed by atoms with Gasteiger partial charge in [0.05, 0.1) is 0 Å². The average molecular weight is 288 g/mol. The highest BCUT2D eigenvalue weighted by atomic mass is 16.5. The number of carbonyl (C=O) groups excluding carboxylic acids is 1. The Bertz CT molecular complexity index is 859. The van der Waals surface area contributed by atoms with Crippen molar-refractivity contribution in [3.05, 3.63) is 77.4 Å². The highest BCUT2D eigenvalue weighted by Crippen LogP contribution is 2.27. The molecular weight excluding hydrogens is 272 g/mol. The van der Waals surface area contributed by atoms with Crippen LogP contribution in [-0.2, 0) is 13.0 Å². The Morgan fingerprint density at radius 3 is 2.73 bits per heavy atom. The largest absolute Gasteiger partial charge is 0.489 e. The van der Waals surface area contributed by atoms with Crippen molar-refractivity contribution < 1.29 is 9.53 Å². The minimum atomic E-state index is 0.227. The zero-order valence-electron chi connectivity index (χ0n) is 12.2. The standard InChI is InChI=1S/C20H16O2/c21-20-11-9-15-8-10-17(12-19(15)20)22-13-16-6-3-5-14-4-1-2-7-18(14)16/h1-8,10,12H,9,11,13H2. The number of hydrogen-bond acceptors (Lipinski definition) is 2. The number of carbonyl (C=O) groups is 1. The highest BCUT2D eigenvalue weighted by molar-refractivity contribution is 6.00. The molecule has 0 saturated heterocycles. The van der Waals surface area contributed by atoms with Crippen molar-refractivity contribution in [2.75, 3.05) is 0 Å². The van der Waals surface area contributed by atoms with Crippen molar-refractivity contribution in [2.45, 2.75) is 19.4 Å². The SMILES string of the molecule is O=C1CCc2ccc(OCc3cccc4ccccc34)cc21. The summed E-state index contributed by atoms with van der Waals surface area (Å²) in [5, 5.41) is 2.43. The lowest BCUT2D eigenvalue weighted by Crippen LogP contribution is -1.98. The van der Waals surface area contributed by atoms with Crippen LogP contribution in [0.4, 0.5) is 0 Å². The van der Waals surface area contributed by atoms with E-state index in [9.17, 15) is 4.79 Å². The molecular formula is C20H16O2. The molecule has 0 atom stereocenters. The van der Waals surface area contributed by atoms with Crippen LogP contribution in [0.25, 0.3) is 10.8 Å². The molecule has 0 saturated carbocycles. The summed E-state index contributed by atoms with van der Waals surface area (Å²) in [7, 11) is 0. The second-order valence-corrected chi connectivity index (χ2v) is 5.67. The first-order valence-corrected chi connectivity index (χ1v) is 7.57. The normalized spacial score (nSPS) is 13.4. The summed E-state index contributed by atoms with van der Waals surface area (Å²) in [6, 6.07) is 20.4. The summed E-state index contributed by atoms with van der Waals surface area (Å²) < 4.78 is 5.92. The Morgan fingerprint density at radius 2 is 1.77 bits per heavy atom. The van der Waals surface area contributed by atoms with Gasteiger partial charge < -0.3 is 4.74 Å². The minimum absolute atomic E-state index is 0.227. The molecule has 3 aromatic carbocycles. The van der Waals surface area contributed by atoms with E-state index in [1.54, 1.807) is 0 Å². The predicted octanol–water partition coefficient (Wildman–Crippen LogP) is 4.55. The second-order valence-electron chi connectivity index (χ2n) is 5.67. The number of benzene rings is 3. The molecule has 0 amide bonds. The smallest absolute Gasteiger partial charge is 0.163 e. The summed E-state index contributed by atoms with van der Waals surface area (Å²) in [5.41, 5.74) is 3.13. The van der Waals surface area contributed by atoms with Crippen molar-refractivity contribution in [3.8, 4) is 5.75 Å². The first-order chi connectivity index (χ1) is 10.8. The van der Waals surface area contributed by atoms with Crippen LogP contribution >= 0.6 is 0 Å². The number of ketones is 1. The first-order valence-electron chi connectivity index (χ1n) is 7.57. The molecule has 0 aromatic heterocycles. The molecule has 2 nitrogen and oxygen atoms in total. The molecule has 0 heterocycles. The molecule has 0 N–H and O–H groups in total. The maximum atomic E-state index is 11.8. The quantitative estimate of drug-likeness (QED) is 0.707. The number of ether oxygens (including phenoxy) is 1. The molecule has 0 fully saturated rings. The van der Waals surface area contributed by atoms with Crippen molar-refractivity contribution in [3.63, 3.8) is 0 Å². The number of aryl methyl sites for hydroxylation is 1. The van der Waals surface area contributed by atoms with E-state index in [4.69, 9.17) is 4.74 Å². The maximum absolute atomic E-state index is 11.8. The number of fused-ring (bicyclic) bond motifs is 2. The van der Waals surface area contributed by atoms with Crippen molar-refractivity contribution in [2.24, 2.45) is 0 Å². The van der Waals surface area contributed by atoms with Gasteiger partial charge in [0.25, 0.3) is 0 Å². The molecule has 0 aliphatic heterocycles. The Morgan fingerprint density at radius 1 is 0.909 bits per heavy atom. The summed E-state index contributed by atoms with van der Waals surface area (Å²) in [4.78, 5) is 11.8. The molecule has 2 heteroatoms. The van der Waals surface area contributed by atoms with Gasteiger partial charge in [0, 0.05) is 12.0 Å². The lowest BCUT2D eigenvalue weighted by molar-refractivity contribution is 0.0994. The van der Waals surface area contributed by atoms with E-state index in [0.717, 1.165) is 28.9 Å². The Balaban J connectivity index is 1.60. The van der Waals surface area contributed by atoms with E-state index in [0.29, 0.717) is 13.0 Å². The van der Waals surface area contributed by atoms with E-state index in [-0.39, 0.29) is 5.78 Å². The van der Waals surface area contributed by atoms with Gasteiger partial charge in [-0.25, -0.2) is 0 Å². The van der Waals surface area contributed by atoms with Crippen molar-refractivity contribution >= 4 is 16.6 Å². The van der Waals surface area contributed by atoms with Gasteiger partial charge in [0.1, 0.15) is 12.4 Å². The van der Waals surface area contributed by atoms with Gasteiger partial charge in [-0.15, -0.1) is 0 Å². The van der Waals surface area contributed by atoms with Gasteiger partial charge in [-0.3, -0.25) is 4.79 Å². The number of rotatable bonds is 3. The second kappa shape index (κ2) is 5.30. The third-order valence-corrected chi connectivity index (χ3v) is 4.28. The van der Waals surface area contributed by atoms with Gasteiger partial charge in [0.15, 0.2) is 5.78 Å². The molecule has 0 bridgehead atoms. The van der Waals surface area contributed by atoms with Crippen LogP contribution in [0.1, 0.15) is 27.9 Å². The molecule has 4 rings (SSSR count). The minimum Gasteiger partial charge on any atom is -0.489 e. The van der Waals surface area contributed by atoms with Gasteiger partial charge in [-0.1, -0.05) is 48.5 Å². The fourth-order valence-electron chi connectivity index (χ4n) is 3.09. The molecule has 1 aliphatic carbocycles. The Labute approximate surface area is 129 Å². The van der Waals surface area contributed by atoms with Crippen molar-refractivity contribution in [1.82, 2.24) is 0 Å². The lowest BCUT2D eigenvalue weighted by Gasteiger charge is -2.10. The van der Waals surface area contributed by atoms with Crippen LogP contribution in [0.5, 0.6) is 5.75 Å². The van der Waals surface area contributed by atoms with Gasteiger partial charge in [0.2, 0.25) is 0 Å². The topological polar surface area (TPSA) is 26.3 Å². The molecule has 0 spiro atoms. The predicted molar refractivity (Wildman–Crippen MR) is 87.4 cm³/mol. The van der Waals surface area contributed by atoms with E-state index < -0.39 is 0 Å². The number of hydrogen-bond donors (Lipinski definition) is 0. The highest BCUT2D eigenvalue weighted by Gasteiger charge is 2.19. The van der Waals surface area contributed by atoms with Crippen LogP contribution in [0.2, 0.25) is 0 Å². The number of Topliss-reactive ketones (excluding diaryl/α,β-unsaturated/α-hetero) is 1. The fourth-order valence-corrected chi connectivity index (χ4v) is 3.09. The summed E-state index contributed by atoms with van der Waals surface area (Å²) in [6.45, 7) is 0.508. The lowest BCUT2D eigenvalue weighted by atomic mass is 10.1. The van der Waals surface area contributed by atoms with Crippen LogP contribution in [-0.4, -0.2) is 5.78 Å². The zero-order chi connectivity index (χ0) is 14.9. The van der Waals surface area contributed by atoms with Crippen LogP contribution in [0.15, 0.2) is 60.7 Å². The molecule has 3 aromatic rings. The monoisotopic (exact) mass is 288 g/mol. The third kappa shape index (κ3) is 2.27. The maximum Gasteiger partial charge on any atom is 0.163 e. The van der Waals surface area contributed by atoms with Crippen LogP contribution < -0.4 is 4.74 Å². The Hall–Kier alpha value is -2.61. The summed E-state index contributed by atoms with van der Waals surface area (Å²) in [5.74, 6) is 0.993. The van der Waals surface area contributed by atoms with Crippen LogP contribution in [0.3, 0.4) is 0 Å². The van der Waals surface area contributed by atoms with Gasteiger partial charge in [-0.05, 0) is 40.5 Å². The van der Waals surface area contributed by atoms with E-state index in [1.807, 2.05) is 36.4 Å². The van der Waals surface area contributed by atoms with E-state index >= 15 is 0 Å². The van der Waals surface area contributed by atoms with E-state index in [2.05, 4.69) is 24.3 Å². The average Bonchev–Trinajstić information content (AvgIpc) is 2.94. The van der Waals surface area contributed by atoms with Gasteiger partial charge >= 0.3 is 0 Å². The fraction of sp³-hybridized carbons (Fsp3) is 0.150. The molecule has 22 heavy (non-hydrogen) atoms. The summed E-state index contributed by atoms with van der Waals surface area (Å²) in [6.07, 6.45) is 1.49. The van der Waals surface area contributed by atoms with Crippen LogP contribution in [0, 0.1) is 0 Å². The van der Waals surface area contributed by atoms with Crippen molar-refractivity contribution in [1.29, 1.82) is 0 Å². The van der Waals surface area contributed by atoms with E-state index in [1.165, 1.54) is 10.8 Å².